The van der Waals surface area contributed by atoms with E-state index in [9.17, 15) is 4.79 Å². The van der Waals surface area contributed by atoms with Crippen molar-refractivity contribution in [3.05, 3.63) is 53.6 Å². The summed E-state index contributed by atoms with van der Waals surface area (Å²) >= 11 is 1.14. The van der Waals surface area contributed by atoms with Gasteiger partial charge in [-0.15, -0.1) is 0 Å². The van der Waals surface area contributed by atoms with E-state index in [2.05, 4.69) is 14.1 Å². The summed E-state index contributed by atoms with van der Waals surface area (Å²) in [6.07, 6.45) is 3.25. The van der Waals surface area contributed by atoms with Crippen LogP contribution in [-0.4, -0.2) is 21.8 Å². The largest absolute Gasteiger partial charge is 0.497 e. The lowest BCUT2D eigenvalue weighted by atomic mass is 10.1. The number of anilines is 1. The van der Waals surface area contributed by atoms with Crippen molar-refractivity contribution in [3.8, 4) is 5.75 Å². The first-order valence-electron chi connectivity index (χ1n) is 7.02. The number of nitrogens with zero attached hydrogens (tertiary/aromatic N) is 2. The molecule has 0 saturated heterocycles. The van der Waals surface area contributed by atoms with Crippen molar-refractivity contribution < 1.29 is 9.53 Å². The van der Waals surface area contributed by atoms with Crippen LogP contribution in [0.4, 0.5) is 5.69 Å². The van der Waals surface area contributed by atoms with E-state index in [0.717, 1.165) is 39.6 Å². The molecule has 1 N–H and O–H groups in total. The summed E-state index contributed by atoms with van der Waals surface area (Å²) in [4.78, 5) is 12.2. The third kappa shape index (κ3) is 3.37. The highest BCUT2D eigenvalue weighted by molar-refractivity contribution is 7.00. The Morgan fingerprint density at radius 3 is 2.70 bits per heavy atom. The molecule has 0 bridgehead atoms. The van der Waals surface area contributed by atoms with Gasteiger partial charge in [-0.05, 0) is 42.3 Å². The van der Waals surface area contributed by atoms with Crippen molar-refractivity contribution in [1.82, 2.24) is 8.75 Å². The Balaban J connectivity index is 1.76. The van der Waals surface area contributed by atoms with Crippen LogP contribution in [0.3, 0.4) is 0 Å². The minimum absolute atomic E-state index is 0.204. The van der Waals surface area contributed by atoms with Crippen LogP contribution in [0.2, 0.25) is 0 Å². The molecule has 0 aliphatic carbocycles. The summed E-state index contributed by atoms with van der Waals surface area (Å²) in [5.41, 5.74) is 4.10. The summed E-state index contributed by atoms with van der Waals surface area (Å²) in [5.74, 6) is 0.578. The van der Waals surface area contributed by atoms with Gasteiger partial charge in [0.05, 0.1) is 24.5 Å². The SMILES string of the molecule is COc1ccc(C=CC(=O)Nc2c(C)ccc3nsnc23)cc1. The summed E-state index contributed by atoms with van der Waals surface area (Å²) in [6, 6.07) is 11.3. The highest BCUT2D eigenvalue weighted by atomic mass is 32.1. The molecule has 1 amide bonds. The number of hydrogen-bond acceptors (Lipinski definition) is 5. The normalized spacial score (nSPS) is 11.0. The van der Waals surface area contributed by atoms with Crippen molar-refractivity contribution in [2.75, 3.05) is 12.4 Å². The molecule has 116 valence electrons. The van der Waals surface area contributed by atoms with Crippen LogP contribution in [0.1, 0.15) is 11.1 Å². The average molecular weight is 325 g/mol. The van der Waals surface area contributed by atoms with E-state index in [0.29, 0.717) is 5.69 Å². The van der Waals surface area contributed by atoms with Crippen molar-refractivity contribution >= 4 is 40.4 Å². The second kappa shape index (κ2) is 6.58. The zero-order chi connectivity index (χ0) is 16.2. The van der Waals surface area contributed by atoms with Gasteiger partial charge in [-0.2, -0.15) is 8.75 Å². The van der Waals surface area contributed by atoms with Crippen LogP contribution >= 0.6 is 11.7 Å². The molecule has 6 heteroatoms. The lowest BCUT2D eigenvalue weighted by Crippen LogP contribution is -2.09. The monoisotopic (exact) mass is 325 g/mol. The second-order valence-corrected chi connectivity index (χ2v) is 5.51. The molecule has 0 fully saturated rings. The zero-order valence-corrected chi connectivity index (χ0v) is 13.6. The molecule has 1 aromatic heterocycles. The third-order valence-electron chi connectivity index (χ3n) is 3.43. The van der Waals surface area contributed by atoms with Gasteiger partial charge in [-0.1, -0.05) is 18.2 Å². The van der Waals surface area contributed by atoms with Gasteiger partial charge in [0.1, 0.15) is 16.8 Å². The molecule has 0 aliphatic heterocycles. The summed E-state index contributed by atoms with van der Waals surface area (Å²) in [6.45, 7) is 1.93. The number of aryl methyl sites for hydroxylation is 1. The number of rotatable bonds is 4. The fourth-order valence-corrected chi connectivity index (χ4v) is 2.70. The van der Waals surface area contributed by atoms with E-state index in [1.807, 2.05) is 43.3 Å². The van der Waals surface area contributed by atoms with Gasteiger partial charge in [0.2, 0.25) is 5.91 Å². The van der Waals surface area contributed by atoms with Gasteiger partial charge in [0.25, 0.3) is 0 Å². The molecule has 0 spiro atoms. The van der Waals surface area contributed by atoms with Crippen LogP contribution in [-0.2, 0) is 4.79 Å². The molecule has 3 rings (SSSR count). The van der Waals surface area contributed by atoms with Crippen LogP contribution in [0.25, 0.3) is 17.1 Å². The topological polar surface area (TPSA) is 64.1 Å². The Morgan fingerprint density at radius 2 is 1.96 bits per heavy atom. The first-order chi connectivity index (χ1) is 11.2. The lowest BCUT2D eigenvalue weighted by Gasteiger charge is -2.06. The van der Waals surface area contributed by atoms with Crippen LogP contribution < -0.4 is 10.1 Å². The maximum atomic E-state index is 12.2. The predicted molar refractivity (Wildman–Crippen MR) is 92.8 cm³/mol. The Bertz CT molecular complexity index is 869. The van der Waals surface area contributed by atoms with Crippen molar-refractivity contribution in [1.29, 1.82) is 0 Å². The lowest BCUT2D eigenvalue weighted by molar-refractivity contribution is -0.111. The van der Waals surface area contributed by atoms with E-state index in [4.69, 9.17) is 4.74 Å². The summed E-state index contributed by atoms with van der Waals surface area (Å²) in [7, 11) is 1.62. The fourth-order valence-electron chi connectivity index (χ4n) is 2.16. The smallest absolute Gasteiger partial charge is 0.248 e. The van der Waals surface area contributed by atoms with Gasteiger partial charge in [-0.25, -0.2) is 0 Å². The number of carbonyl (C=O) groups excluding carboxylic acids is 1. The molecule has 0 saturated carbocycles. The van der Waals surface area contributed by atoms with E-state index >= 15 is 0 Å². The highest BCUT2D eigenvalue weighted by Crippen LogP contribution is 2.25. The highest BCUT2D eigenvalue weighted by Gasteiger charge is 2.10. The molecule has 1 heterocycles. The van der Waals surface area contributed by atoms with Crippen molar-refractivity contribution in [3.63, 3.8) is 0 Å². The van der Waals surface area contributed by atoms with Crippen LogP contribution in [0, 0.1) is 6.92 Å². The Hall–Kier alpha value is -2.73. The predicted octanol–water partition coefficient (Wildman–Crippen LogP) is 3.66. The number of methoxy groups -OCH3 is 1. The molecule has 0 aliphatic rings. The van der Waals surface area contributed by atoms with Crippen LogP contribution in [0.5, 0.6) is 5.75 Å². The molecule has 2 aromatic carbocycles. The first-order valence-corrected chi connectivity index (χ1v) is 7.75. The van der Waals surface area contributed by atoms with Crippen molar-refractivity contribution in [2.45, 2.75) is 6.92 Å². The van der Waals surface area contributed by atoms with E-state index in [-0.39, 0.29) is 5.91 Å². The molecule has 0 atom stereocenters. The Morgan fingerprint density at radius 1 is 1.17 bits per heavy atom. The number of amides is 1. The van der Waals surface area contributed by atoms with Gasteiger partial charge in [0.15, 0.2) is 0 Å². The number of aromatic nitrogens is 2. The maximum absolute atomic E-state index is 12.2. The molecule has 3 aromatic rings. The van der Waals surface area contributed by atoms with Gasteiger partial charge in [0, 0.05) is 6.08 Å². The first kappa shape index (κ1) is 15.2. The molecule has 23 heavy (non-hydrogen) atoms. The Kier molecular flexibility index (Phi) is 4.34. The van der Waals surface area contributed by atoms with Gasteiger partial charge < -0.3 is 10.1 Å². The summed E-state index contributed by atoms with van der Waals surface area (Å²) in [5, 5.41) is 2.89. The standard InChI is InChI=1S/C17H15N3O2S/c1-11-3-9-14-17(20-23-19-14)16(11)18-15(21)10-6-12-4-7-13(22-2)8-5-12/h3-10H,1-2H3,(H,18,21). The van der Waals surface area contributed by atoms with E-state index in [1.165, 1.54) is 6.08 Å². The number of carbonyl (C=O) groups is 1. The van der Waals surface area contributed by atoms with Gasteiger partial charge in [-0.3, -0.25) is 4.79 Å². The molecule has 0 unspecified atom stereocenters. The number of nitrogens with one attached hydrogen (secondary N) is 1. The third-order valence-corrected chi connectivity index (χ3v) is 3.97. The van der Waals surface area contributed by atoms with Gasteiger partial charge >= 0.3 is 0 Å². The minimum atomic E-state index is -0.204. The molecule has 0 radical (unpaired) electrons. The zero-order valence-electron chi connectivity index (χ0n) is 12.7. The molecular weight excluding hydrogens is 310 g/mol. The summed E-state index contributed by atoms with van der Waals surface area (Å²) < 4.78 is 13.5. The maximum Gasteiger partial charge on any atom is 0.248 e. The average Bonchev–Trinajstić information content (AvgIpc) is 3.05. The second-order valence-electron chi connectivity index (χ2n) is 4.99. The van der Waals surface area contributed by atoms with Crippen molar-refractivity contribution in [2.24, 2.45) is 0 Å². The fraction of sp³-hybridized carbons (Fsp3) is 0.118. The quantitative estimate of drug-likeness (QED) is 0.744. The van der Waals surface area contributed by atoms with E-state index in [1.54, 1.807) is 13.2 Å². The molecule has 5 nitrogen and oxygen atoms in total. The number of fused-ring (bicyclic) bond motifs is 1. The number of benzene rings is 2. The van der Waals surface area contributed by atoms with E-state index < -0.39 is 0 Å². The minimum Gasteiger partial charge on any atom is -0.497 e. The van der Waals surface area contributed by atoms with Crippen LogP contribution in [0.15, 0.2) is 42.5 Å². The number of ether oxygens (including phenoxy) is 1. The Labute approximate surface area is 137 Å². The molecular formula is C17H15N3O2S. The number of hydrogen-bond donors (Lipinski definition) is 1.